The molecule has 3 rings (SSSR count). The van der Waals surface area contributed by atoms with Gasteiger partial charge in [0.05, 0.1) is 5.44 Å². The topological polar surface area (TPSA) is 109 Å². The SMILES string of the molecule is CC(C)[C@H](NC(=O)OC(C)(C)C)C(=O)N[C@H](C(=O)Nc1cccc(P(c2ccccc2)c2ccccc2)n1)C(C)C. The van der Waals surface area contributed by atoms with Crippen LogP contribution in [0.25, 0.3) is 0 Å². The van der Waals surface area contributed by atoms with Crippen molar-refractivity contribution in [1.29, 1.82) is 0 Å². The van der Waals surface area contributed by atoms with Crippen molar-refractivity contribution in [2.24, 2.45) is 11.8 Å². The van der Waals surface area contributed by atoms with Gasteiger partial charge in [0, 0.05) is 7.92 Å². The van der Waals surface area contributed by atoms with Crippen LogP contribution in [0.15, 0.2) is 78.9 Å². The lowest BCUT2D eigenvalue weighted by Gasteiger charge is -2.28. The molecule has 2 atom stereocenters. The molecule has 0 unspecified atom stereocenters. The van der Waals surface area contributed by atoms with Gasteiger partial charge < -0.3 is 20.7 Å². The van der Waals surface area contributed by atoms with E-state index in [0.29, 0.717) is 5.82 Å². The lowest BCUT2D eigenvalue weighted by Crippen LogP contribution is -2.56. The van der Waals surface area contributed by atoms with Crippen LogP contribution in [0, 0.1) is 11.8 Å². The number of pyridine rings is 1. The molecule has 0 bridgehead atoms. The summed E-state index contributed by atoms with van der Waals surface area (Å²) in [5.41, 5.74) is 0.146. The molecule has 3 aromatic rings. The number of benzene rings is 2. The smallest absolute Gasteiger partial charge is 0.408 e. The first-order chi connectivity index (χ1) is 19.4. The normalized spacial score (nSPS) is 13.0. The Morgan fingerprint density at radius 3 is 1.71 bits per heavy atom. The maximum absolute atomic E-state index is 13.4. The van der Waals surface area contributed by atoms with Gasteiger partial charge in [0.2, 0.25) is 11.8 Å². The quantitative estimate of drug-likeness (QED) is 0.309. The second kappa shape index (κ2) is 14.2. The van der Waals surface area contributed by atoms with Crippen LogP contribution in [0.5, 0.6) is 0 Å². The zero-order chi connectivity index (χ0) is 30.2. The van der Waals surface area contributed by atoms with Crippen molar-refractivity contribution in [2.75, 3.05) is 5.32 Å². The van der Waals surface area contributed by atoms with Crippen LogP contribution < -0.4 is 32.0 Å². The summed E-state index contributed by atoms with van der Waals surface area (Å²) in [6.45, 7) is 12.6. The van der Waals surface area contributed by atoms with E-state index < -0.39 is 37.6 Å². The van der Waals surface area contributed by atoms with Crippen molar-refractivity contribution in [2.45, 2.75) is 66.2 Å². The Kier molecular flexibility index (Phi) is 11.0. The molecule has 0 radical (unpaired) electrons. The number of carbonyl (C=O) groups excluding carboxylic acids is 3. The van der Waals surface area contributed by atoms with Crippen LogP contribution in [-0.2, 0) is 14.3 Å². The Balaban J connectivity index is 1.80. The summed E-state index contributed by atoms with van der Waals surface area (Å²) in [5.74, 6) is -0.895. The zero-order valence-electron chi connectivity index (χ0n) is 24.8. The maximum Gasteiger partial charge on any atom is 0.408 e. The van der Waals surface area contributed by atoms with Crippen LogP contribution in [0.3, 0.4) is 0 Å². The van der Waals surface area contributed by atoms with Gasteiger partial charge in [-0.25, -0.2) is 9.78 Å². The van der Waals surface area contributed by atoms with E-state index >= 15 is 0 Å². The number of nitrogens with zero attached hydrogens (tertiary/aromatic N) is 1. The van der Waals surface area contributed by atoms with Crippen molar-refractivity contribution >= 4 is 47.7 Å². The Bertz CT molecular complexity index is 1270. The minimum atomic E-state index is -0.948. The molecule has 0 saturated carbocycles. The highest BCUT2D eigenvalue weighted by atomic mass is 31.1. The molecule has 218 valence electrons. The van der Waals surface area contributed by atoms with Gasteiger partial charge in [0.25, 0.3) is 0 Å². The summed E-state index contributed by atoms with van der Waals surface area (Å²) in [6, 6.07) is 24.2. The van der Waals surface area contributed by atoms with E-state index in [0.717, 1.165) is 16.0 Å². The number of anilines is 1. The molecule has 2 aromatic carbocycles. The van der Waals surface area contributed by atoms with E-state index in [2.05, 4.69) is 40.2 Å². The monoisotopic (exact) mass is 576 g/mol. The Labute approximate surface area is 244 Å². The van der Waals surface area contributed by atoms with Crippen LogP contribution in [0.4, 0.5) is 10.6 Å². The highest BCUT2D eigenvalue weighted by molar-refractivity contribution is 7.79. The maximum atomic E-state index is 13.4. The minimum absolute atomic E-state index is 0.220. The van der Waals surface area contributed by atoms with Gasteiger partial charge in [0.15, 0.2) is 0 Å². The number of hydrogen-bond donors (Lipinski definition) is 3. The molecule has 41 heavy (non-hydrogen) atoms. The standard InChI is InChI=1S/C32H41N4O4P/c1-21(2)27(35-30(38)28(22(3)4)36-31(39)40-32(5,6)7)29(37)34-25-19-14-20-26(33-25)41(23-15-10-8-11-16-23)24-17-12-9-13-18-24/h8-22,27-28H,1-7H3,(H,35,38)(H,36,39)(H,33,34,37)/t27-,28-/m0/s1. The first-order valence-corrected chi connectivity index (χ1v) is 15.2. The number of nitrogens with one attached hydrogen (secondary N) is 3. The van der Waals surface area contributed by atoms with E-state index in [-0.39, 0.29) is 17.7 Å². The van der Waals surface area contributed by atoms with Gasteiger partial charge in [-0.15, -0.1) is 0 Å². The summed E-state index contributed by atoms with van der Waals surface area (Å²) in [5, 5.41) is 10.7. The van der Waals surface area contributed by atoms with Gasteiger partial charge >= 0.3 is 6.09 Å². The molecule has 1 heterocycles. The molecule has 3 N–H and O–H groups in total. The molecule has 0 aliphatic carbocycles. The van der Waals surface area contributed by atoms with Gasteiger partial charge in [-0.1, -0.05) is 94.4 Å². The van der Waals surface area contributed by atoms with E-state index in [1.165, 1.54) is 0 Å². The molecular weight excluding hydrogens is 535 g/mol. The predicted molar refractivity (Wildman–Crippen MR) is 166 cm³/mol. The first kappa shape index (κ1) is 31.8. The van der Waals surface area contributed by atoms with Crippen molar-refractivity contribution in [1.82, 2.24) is 15.6 Å². The fraction of sp³-hybridized carbons (Fsp3) is 0.375. The average molecular weight is 577 g/mol. The number of aromatic nitrogens is 1. The number of ether oxygens (including phenoxy) is 1. The lowest BCUT2D eigenvalue weighted by molar-refractivity contribution is -0.129. The molecule has 0 spiro atoms. The van der Waals surface area contributed by atoms with E-state index in [1.807, 2.05) is 76.2 Å². The van der Waals surface area contributed by atoms with Crippen molar-refractivity contribution in [3.8, 4) is 0 Å². The number of hydrogen-bond acceptors (Lipinski definition) is 5. The predicted octanol–water partition coefficient (Wildman–Crippen LogP) is 4.47. The molecule has 1 aromatic heterocycles. The van der Waals surface area contributed by atoms with Crippen LogP contribution in [-0.4, -0.2) is 40.6 Å². The number of carbonyl (C=O) groups is 3. The molecule has 9 heteroatoms. The molecule has 3 amide bonds. The Hall–Kier alpha value is -3.77. The summed E-state index contributed by atoms with van der Waals surface area (Å²) in [7, 11) is -0.948. The summed E-state index contributed by atoms with van der Waals surface area (Å²) in [6.07, 6.45) is -0.689. The summed E-state index contributed by atoms with van der Waals surface area (Å²) >= 11 is 0. The third-order valence-corrected chi connectivity index (χ3v) is 8.45. The van der Waals surface area contributed by atoms with Crippen LogP contribution in [0.2, 0.25) is 0 Å². The first-order valence-electron chi connectivity index (χ1n) is 13.8. The largest absolute Gasteiger partial charge is 0.444 e. The average Bonchev–Trinajstić information content (AvgIpc) is 2.90. The van der Waals surface area contributed by atoms with E-state index in [4.69, 9.17) is 9.72 Å². The minimum Gasteiger partial charge on any atom is -0.444 e. The Morgan fingerprint density at radius 1 is 0.707 bits per heavy atom. The molecule has 0 aliphatic rings. The van der Waals surface area contributed by atoms with Crippen molar-refractivity contribution < 1.29 is 19.1 Å². The zero-order valence-corrected chi connectivity index (χ0v) is 25.7. The molecule has 0 saturated heterocycles. The number of rotatable bonds is 10. The fourth-order valence-corrected chi connectivity index (χ4v) is 6.35. The van der Waals surface area contributed by atoms with Crippen molar-refractivity contribution in [3.05, 3.63) is 78.9 Å². The third kappa shape index (κ3) is 9.39. The lowest BCUT2D eigenvalue weighted by atomic mass is 10.00. The van der Waals surface area contributed by atoms with Crippen molar-refractivity contribution in [3.63, 3.8) is 0 Å². The second-order valence-corrected chi connectivity index (χ2v) is 13.6. The van der Waals surface area contributed by atoms with Gasteiger partial charge in [-0.2, -0.15) is 0 Å². The van der Waals surface area contributed by atoms with E-state index in [1.54, 1.807) is 26.8 Å². The number of amides is 3. The molecule has 0 fully saturated rings. The highest BCUT2D eigenvalue weighted by Crippen LogP contribution is 2.32. The summed E-state index contributed by atoms with van der Waals surface area (Å²) in [4.78, 5) is 43.9. The van der Waals surface area contributed by atoms with Crippen LogP contribution in [0.1, 0.15) is 48.5 Å². The third-order valence-electron chi connectivity index (χ3n) is 6.11. The van der Waals surface area contributed by atoms with E-state index in [9.17, 15) is 14.4 Å². The second-order valence-electron chi connectivity index (χ2n) is 11.5. The number of alkyl carbamates (subject to hydrolysis) is 1. The summed E-state index contributed by atoms with van der Waals surface area (Å²) < 4.78 is 5.33. The molecular formula is C32H41N4O4P. The van der Waals surface area contributed by atoms with Gasteiger partial charge in [-0.3, -0.25) is 9.59 Å². The molecule has 8 nitrogen and oxygen atoms in total. The molecule has 0 aliphatic heterocycles. The van der Waals surface area contributed by atoms with Gasteiger partial charge in [-0.05, 0) is 55.3 Å². The Morgan fingerprint density at radius 2 is 1.22 bits per heavy atom. The van der Waals surface area contributed by atoms with Crippen LogP contribution >= 0.6 is 7.92 Å². The van der Waals surface area contributed by atoms with Gasteiger partial charge in [0.1, 0.15) is 23.5 Å². The highest BCUT2D eigenvalue weighted by Gasteiger charge is 2.32. The fourth-order valence-electron chi connectivity index (χ4n) is 4.14.